The third-order valence-corrected chi connectivity index (χ3v) is 8.22. The summed E-state index contributed by atoms with van der Waals surface area (Å²) < 4.78 is 0. The molecular formula is C25H35N3O2. The van der Waals surface area contributed by atoms with Gasteiger partial charge in [-0.25, -0.2) is 0 Å². The van der Waals surface area contributed by atoms with Gasteiger partial charge < -0.3 is 10.6 Å². The zero-order valence-corrected chi connectivity index (χ0v) is 18.1. The van der Waals surface area contributed by atoms with Crippen LogP contribution in [0, 0.1) is 17.8 Å². The summed E-state index contributed by atoms with van der Waals surface area (Å²) in [6.07, 6.45) is 8.63. The Morgan fingerprint density at radius 3 is 2.70 bits per heavy atom. The number of piperidine rings is 2. The molecule has 1 aromatic rings. The molecule has 5 nitrogen and oxygen atoms in total. The van der Waals surface area contributed by atoms with E-state index in [0.717, 1.165) is 45.2 Å². The molecule has 3 saturated heterocycles. The molecule has 0 radical (unpaired) electrons. The molecule has 2 amide bonds. The summed E-state index contributed by atoms with van der Waals surface area (Å²) >= 11 is 0. The highest BCUT2D eigenvalue weighted by Crippen LogP contribution is 2.54. The van der Waals surface area contributed by atoms with E-state index in [1.807, 2.05) is 6.07 Å². The van der Waals surface area contributed by atoms with Gasteiger partial charge in [-0.05, 0) is 37.2 Å². The van der Waals surface area contributed by atoms with E-state index < -0.39 is 5.54 Å². The summed E-state index contributed by atoms with van der Waals surface area (Å²) in [4.78, 5) is 29.4. The van der Waals surface area contributed by atoms with Crippen LogP contribution in [0.3, 0.4) is 0 Å². The van der Waals surface area contributed by atoms with E-state index in [9.17, 15) is 9.59 Å². The first kappa shape index (κ1) is 20.0. The van der Waals surface area contributed by atoms with Crippen molar-refractivity contribution in [2.75, 3.05) is 6.54 Å². The van der Waals surface area contributed by atoms with Gasteiger partial charge in [-0.3, -0.25) is 14.5 Å². The van der Waals surface area contributed by atoms with E-state index in [-0.39, 0.29) is 41.7 Å². The summed E-state index contributed by atoms with van der Waals surface area (Å²) in [6.45, 7) is 3.99. The molecule has 5 heteroatoms. The molecule has 0 aromatic heterocycles. The fraction of sp³-hybridized carbons (Fsp3) is 0.680. The highest BCUT2D eigenvalue weighted by Gasteiger charge is 2.67. The molecule has 3 aliphatic heterocycles. The van der Waals surface area contributed by atoms with Gasteiger partial charge in [-0.1, -0.05) is 62.9 Å². The van der Waals surface area contributed by atoms with E-state index in [4.69, 9.17) is 0 Å². The van der Waals surface area contributed by atoms with Crippen molar-refractivity contribution >= 4 is 11.8 Å². The summed E-state index contributed by atoms with van der Waals surface area (Å²) in [5, 5.41) is 6.64. The SMILES string of the molecule is CCCC1C2C3C(=O)NC1(C(=O)NC1CCCCC1)CC3CN2Cc1ccccc1. The Bertz CT molecular complexity index is 791. The Hall–Kier alpha value is -1.88. The zero-order valence-electron chi connectivity index (χ0n) is 18.1. The predicted octanol–water partition coefficient (Wildman–Crippen LogP) is 3.24. The minimum absolute atomic E-state index is 0.0367. The molecular weight excluding hydrogens is 374 g/mol. The van der Waals surface area contributed by atoms with Gasteiger partial charge in [0, 0.05) is 31.1 Å². The first-order chi connectivity index (χ1) is 14.6. The Morgan fingerprint density at radius 2 is 1.97 bits per heavy atom. The van der Waals surface area contributed by atoms with Crippen molar-refractivity contribution in [3.8, 4) is 0 Å². The fourth-order valence-electron chi connectivity index (χ4n) is 7.01. The standard InChI is InChI=1S/C25H35N3O2/c1-2-9-20-22-21-18(16-28(22)15-17-10-5-3-6-11-17)14-25(20,27-23(21)29)24(30)26-19-12-7-4-8-13-19/h3,5-6,10-11,18-22H,2,4,7-9,12-16H2,1H3,(H,26,30)(H,27,29). The minimum Gasteiger partial charge on any atom is -0.351 e. The van der Waals surface area contributed by atoms with Gasteiger partial charge in [0.2, 0.25) is 11.8 Å². The van der Waals surface area contributed by atoms with Gasteiger partial charge in [-0.15, -0.1) is 0 Å². The van der Waals surface area contributed by atoms with E-state index in [1.54, 1.807) is 0 Å². The van der Waals surface area contributed by atoms with Crippen LogP contribution >= 0.6 is 0 Å². The average Bonchev–Trinajstić information content (AvgIpc) is 3.06. The number of hydrogen-bond donors (Lipinski definition) is 2. The Labute approximate surface area is 180 Å². The largest absolute Gasteiger partial charge is 0.351 e. The molecule has 5 unspecified atom stereocenters. The third-order valence-electron chi connectivity index (χ3n) is 8.22. The topological polar surface area (TPSA) is 61.4 Å². The van der Waals surface area contributed by atoms with Crippen molar-refractivity contribution in [2.45, 2.75) is 82.5 Å². The maximum Gasteiger partial charge on any atom is 0.246 e. The maximum absolute atomic E-state index is 13.7. The molecule has 6 rings (SSSR count). The number of nitrogens with one attached hydrogen (secondary N) is 2. The van der Waals surface area contributed by atoms with Crippen LogP contribution in [0.4, 0.5) is 0 Å². The van der Waals surface area contributed by atoms with Crippen molar-refractivity contribution in [3.63, 3.8) is 0 Å². The highest BCUT2D eigenvalue weighted by molar-refractivity contribution is 5.96. The van der Waals surface area contributed by atoms with E-state index >= 15 is 0 Å². The number of fused-ring (bicyclic) bond motifs is 1. The van der Waals surface area contributed by atoms with Gasteiger partial charge in [0.25, 0.3) is 0 Å². The van der Waals surface area contributed by atoms with Crippen LogP contribution in [0.15, 0.2) is 30.3 Å². The lowest BCUT2D eigenvalue weighted by Gasteiger charge is -2.55. The van der Waals surface area contributed by atoms with Crippen molar-refractivity contribution in [2.24, 2.45) is 17.8 Å². The molecule has 5 aliphatic rings. The van der Waals surface area contributed by atoms with E-state index in [1.165, 1.54) is 24.8 Å². The smallest absolute Gasteiger partial charge is 0.246 e. The average molecular weight is 410 g/mol. The predicted molar refractivity (Wildman–Crippen MR) is 117 cm³/mol. The van der Waals surface area contributed by atoms with Gasteiger partial charge in [0.1, 0.15) is 5.54 Å². The number of hydrogen-bond acceptors (Lipinski definition) is 3. The lowest BCUT2D eigenvalue weighted by molar-refractivity contribution is -0.155. The van der Waals surface area contributed by atoms with Gasteiger partial charge in [-0.2, -0.15) is 0 Å². The lowest BCUT2D eigenvalue weighted by atomic mass is 9.58. The number of carbonyl (C=O) groups is 2. The monoisotopic (exact) mass is 409 g/mol. The third kappa shape index (κ3) is 3.26. The minimum atomic E-state index is -0.722. The second kappa shape index (κ2) is 7.99. The second-order valence-corrected chi connectivity index (χ2v) is 10.1. The van der Waals surface area contributed by atoms with Crippen LogP contribution in [0.5, 0.6) is 0 Å². The number of benzene rings is 1. The first-order valence-corrected chi connectivity index (χ1v) is 12.0. The molecule has 162 valence electrons. The molecule has 3 heterocycles. The van der Waals surface area contributed by atoms with Crippen LogP contribution < -0.4 is 10.6 Å². The second-order valence-electron chi connectivity index (χ2n) is 10.1. The van der Waals surface area contributed by atoms with Gasteiger partial charge >= 0.3 is 0 Å². The summed E-state index contributed by atoms with van der Waals surface area (Å²) in [6, 6.07) is 11.0. The van der Waals surface area contributed by atoms with Crippen molar-refractivity contribution in [1.29, 1.82) is 0 Å². The molecule has 2 aliphatic carbocycles. The zero-order chi connectivity index (χ0) is 20.7. The number of carbonyl (C=O) groups excluding carboxylic acids is 2. The number of amides is 2. The summed E-state index contributed by atoms with van der Waals surface area (Å²) in [5.74, 6) is 0.720. The normalized spacial score (nSPS) is 36.0. The number of nitrogens with zero attached hydrogens (tertiary/aromatic N) is 1. The molecule has 4 bridgehead atoms. The molecule has 2 N–H and O–H groups in total. The molecule has 30 heavy (non-hydrogen) atoms. The van der Waals surface area contributed by atoms with Gasteiger partial charge in [0.15, 0.2) is 0 Å². The highest BCUT2D eigenvalue weighted by atomic mass is 16.2. The van der Waals surface area contributed by atoms with E-state index in [0.29, 0.717) is 0 Å². The summed E-state index contributed by atoms with van der Waals surface area (Å²) in [7, 11) is 0. The van der Waals surface area contributed by atoms with Crippen molar-refractivity contribution in [1.82, 2.24) is 15.5 Å². The van der Waals surface area contributed by atoms with Crippen LogP contribution in [0.25, 0.3) is 0 Å². The molecule has 0 spiro atoms. The van der Waals surface area contributed by atoms with Crippen LogP contribution in [-0.2, 0) is 16.1 Å². The van der Waals surface area contributed by atoms with Gasteiger partial charge in [0.05, 0.1) is 5.92 Å². The van der Waals surface area contributed by atoms with Crippen LogP contribution in [0.2, 0.25) is 0 Å². The summed E-state index contributed by atoms with van der Waals surface area (Å²) in [5.41, 5.74) is 0.567. The number of likely N-dealkylation sites (tertiary alicyclic amines) is 1. The molecule has 1 aromatic carbocycles. The lowest BCUT2D eigenvalue weighted by Crippen LogP contribution is -2.76. The number of rotatable bonds is 6. The maximum atomic E-state index is 13.7. The van der Waals surface area contributed by atoms with E-state index in [2.05, 4.69) is 46.7 Å². The Balaban J connectivity index is 1.43. The molecule has 5 atom stereocenters. The molecule has 2 saturated carbocycles. The van der Waals surface area contributed by atoms with Crippen LogP contribution in [-0.4, -0.2) is 40.9 Å². The quantitative estimate of drug-likeness (QED) is 0.758. The Kier molecular flexibility index (Phi) is 5.34. The fourth-order valence-corrected chi connectivity index (χ4v) is 7.01. The molecule has 5 fully saturated rings. The van der Waals surface area contributed by atoms with Crippen molar-refractivity contribution < 1.29 is 9.59 Å². The van der Waals surface area contributed by atoms with Crippen molar-refractivity contribution in [3.05, 3.63) is 35.9 Å². The Morgan fingerprint density at radius 1 is 1.20 bits per heavy atom. The van der Waals surface area contributed by atoms with Crippen LogP contribution in [0.1, 0.15) is 63.9 Å². The first-order valence-electron chi connectivity index (χ1n) is 12.0.